The summed E-state index contributed by atoms with van der Waals surface area (Å²) in [5.74, 6) is 2.07. The topological polar surface area (TPSA) is 69.2 Å². The molecule has 1 aromatic carbocycles. The number of hydrogen-bond donors (Lipinski definition) is 0. The molecule has 1 aliphatic heterocycles. The van der Waals surface area contributed by atoms with Gasteiger partial charge in [0.2, 0.25) is 5.89 Å². The van der Waals surface area contributed by atoms with Crippen LogP contribution in [0, 0.1) is 17.2 Å². The lowest BCUT2D eigenvalue weighted by Gasteiger charge is -2.21. The maximum absolute atomic E-state index is 8.90. The molecule has 138 valence electrons. The Balaban J connectivity index is 1.49. The van der Waals surface area contributed by atoms with Crippen LogP contribution in [0.5, 0.6) is 0 Å². The first-order valence-corrected chi connectivity index (χ1v) is 9.37. The Morgan fingerprint density at radius 3 is 2.42 bits per heavy atom. The van der Waals surface area contributed by atoms with Gasteiger partial charge in [-0.25, -0.2) is 0 Å². The predicted octanol–water partition coefficient (Wildman–Crippen LogP) is 2.85. The smallest absolute Gasteiger partial charge is 0.240 e. The molecule has 6 nitrogen and oxygen atoms in total. The van der Waals surface area contributed by atoms with Crippen LogP contribution in [0.1, 0.15) is 43.1 Å². The summed E-state index contributed by atoms with van der Waals surface area (Å²) >= 11 is 0. The highest BCUT2D eigenvalue weighted by atomic mass is 16.5. The lowest BCUT2D eigenvalue weighted by Crippen LogP contribution is -2.30. The Hall–Kier alpha value is -2.23. The van der Waals surface area contributed by atoms with Gasteiger partial charge in [-0.15, -0.1) is 0 Å². The molecule has 1 aromatic heterocycles. The van der Waals surface area contributed by atoms with Gasteiger partial charge in [-0.1, -0.05) is 31.1 Å². The van der Waals surface area contributed by atoms with Crippen LogP contribution >= 0.6 is 0 Å². The third-order valence-electron chi connectivity index (χ3n) is 4.63. The molecule has 2 heterocycles. The van der Waals surface area contributed by atoms with E-state index < -0.39 is 0 Å². The molecule has 6 heteroatoms. The maximum atomic E-state index is 8.90. The summed E-state index contributed by atoms with van der Waals surface area (Å²) in [6, 6.07) is 10.1. The molecule has 0 bridgehead atoms. The molecule has 0 saturated carbocycles. The minimum atomic E-state index is 0.537. The van der Waals surface area contributed by atoms with Gasteiger partial charge < -0.3 is 4.52 Å². The van der Waals surface area contributed by atoms with Gasteiger partial charge in [0.1, 0.15) is 0 Å². The van der Waals surface area contributed by atoms with Crippen LogP contribution in [0.25, 0.3) is 0 Å². The quantitative estimate of drug-likeness (QED) is 0.795. The fourth-order valence-electron chi connectivity index (χ4n) is 3.28. The van der Waals surface area contributed by atoms with E-state index in [1.54, 1.807) is 0 Å². The summed E-state index contributed by atoms with van der Waals surface area (Å²) in [5.41, 5.74) is 1.97. The van der Waals surface area contributed by atoms with Crippen molar-refractivity contribution in [2.75, 3.05) is 26.2 Å². The molecular weight excluding hydrogens is 326 g/mol. The van der Waals surface area contributed by atoms with Crippen molar-refractivity contribution in [3.63, 3.8) is 0 Å². The Morgan fingerprint density at radius 2 is 1.77 bits per heavy atom. The fourth-order valence-corrected chi connectivity index (χ4v) is 3.28. The van der Waals surface area contributed by atoms with Crippen LogP contribution in [0.4, 0.5) is 0 Å². The molecule has 26 heavy (non-hydrogen) atoms. The second-order valence-electron chi connectivity index (χ2n) is 7.42. The highest BCUT2D eigenvalue weighted by Crippen LogP contribution is 2.13. The van der Waals surface area contributed by atoms with E-state index in [0.717, 1.165) is 63.8 Å². The van der Waals surface area contributed by atoms with Gasteiger partial charge in [0.25, 0.3) is 0 Å². The molecule has 2 aromatic rings. The summed E-state index contributed by atoms with van der Waals surface area (Å²) in [6.07, 6.45) is 1.99. The lowest BCUT2D eigenvalue weighted by molar-refractivity contribution is 0.222. The third kappa shape index (κ3) is 5.38. The van der Waals surface area contributed by atoms with Crippen LogP contribution in [0.3, 0.4) is 0 Å². The van der Waals surface area contributed by atoms with Crippen molar-refractivity contribution in [2.45, 2.75) is 39.8 Å². The molecule has 0 aliphatic carbocycles. The monoisotopic (exact) mass is 353 g/mol. The van der Waals surface area contributed by atoms with Crippen molar-refractivity contribution in [2.24, 2.45) is 5.92 Å². The molecule has 0 amide bonds. The number of nitrogens with zero attached hydrogens (tertiary/aromatic N) is 5. The van der Waals surface area contributed by atoms with Crippen LogP contribution in [0.15, 0.2) is 28.8 Å². The molecule has 1 saturated heterocycles. The van der Waals surface area contributed by atoms with Gasteiger partial charge in [-0.3, -0.25) is 9.80 Å². The largest absolute Gasteiger partial charge is 0.338 e. The zero-order chi connectivity index (χ0) is 18.4. The molecule has 0 atom stereocenters. The number of benzene rings is 1. The summed E-state index contributed by atoms with van der Waals surface area (Å²) in [4.78, 5) is 9.38. The summed E-state index contributed by atoms with van der Waals surface area (Å²) in [6.45, 7) is 10.1. The molecule has 0 spiro atoms. The molecule has 0 radical (unpaired) electrons. The Labute approximate surface area is 155 Å². The van der Waals surface area contributed by atoms with Crippen LogP contribution in [-0.2, 0) is 19.5 Å². The Morgan fingerprint density at radius 1 is 1.08 bits per heavy atom. The molecule has 0 N–H and O–H groups in total. The summed E-state index contributed by atoms with van der Waals surface area (Å²) in [5, 5.41) is 13.0. The molecule has 1 fully saturated rings. The molecule has 3 rings (SSSR count). The average Bonchev–Trinajstić information content (AvgIpc) is 2.93. The highest BCUT2D eigenvalue weighted by Gasteiger charge is 2.18. The molecule has 1 aliphatic rings. The highest BCUT2D eigenvalue weighted by molar-refractivity contribution is 5.31. The minimum Gasteiger partial charge on any atom is -0.338 e. The summed E-state index contributed by atoms with van der Waals surface area (Å²) in [7, 11) is 0. The van der Waals surface area contributed by atoms with E-state index in [2.05, 4.69) is 52.0 Å². The van der Waals surface area contributed by atoms with E-state index in [1.807, 2.05) is 12.1 Å². The van der Waals surface area contributed by atoms with E-state index in [9.17, 15) is 0 Å². The van der Waals surface area contributed by atoms with Crippen LogP contribution in [0.2, 0.25) is 0 Å². The normalized spacial score (nSPS) is 16.5. The number of rotatable bonds is 6. The van der Waals surface area contributed by atoms with Gasteiger partial charge in [0.05, 0.1) is 18.2 Å². The lowest BCUT2D eigenvalue weighted by atomic mass is 10.1. The van der Waals surface area contributed by atoms with Gasteiger partial charge in [0, 0.05) is 26.1 Å². The average molecular weight is 353 g/mol. The first-order valence-electron chi connectivity index (χ1n) is 9.37. The number of hydrogen-bond acceptors (Lipinski definition) is 6. The van der Waals surface area contributed by atoms with E-state index in [0.29, 0.717) is 11.5 Å². The first kappa shape index (κ1) is 18.6. The molecule has 0 unspecified atom stereocenters. The standard InChI is InChI=1S/C20H27N5O/c1-16(2)12-19-22-20(26-23-19)15-25-9-3-8-24(10-11-25)14-18-6-4-17(13-21)5-7-18/h4-7,16H,3,8-12,14-15H2,1-2H3. The first-order chi connectivity index (χ1) is 12.6. The third-order valence-corrected chi connectivity index (χ3v) is 4.63. The zero-order valence-electron chi connectivity index (χ0n) is 15.7. The van der Waals surface area contributed by atoms with Crippen molar-refractivity contribution in [3.05, 3.63) is 47.1 Å². The van der Waals surface area contributed by atoms with E-state index >= 15 is 0 Å². The minimum absolute atomic E-state index is 0.537. The maximum Gasteiger partial charge on any atom is 0.240 e. The van der Waals surface area contributed by atoms with Gasteiger partial charge in [-0.2, -0.15) is 10.2 Å². The van der Waals surface area contributed by atoms with E-state index in [4.69, 9.17) is 9.78 Å². The van der Waals surface area contributed by atoms with Gasteiger partial charge in [-0.05, 0) is 43.1 Å². The zero-order valence-corrected chi connectivity index (χ0v) is 15.7. The fraction of sp³-hybridized carbons (Fsp3) is 0.550. The predicted molar refractivity (Wildman–Crippen MR) is 99.2 cm³/mol. The van der Waals surface area contributed by atoms with E-state index in [-0.39, 0.29) is 0 Å². The van der Waals surface area contributed by atoms with Crippen molar-refractivity contribution in [1.29, 1.82) is 5.26 Å². The second-order valence-corrected chi connectivity index (χ2v) is 7.42. The van der Waals surface area contributed by atoms with Crippen LogP contribution in [-0.4, -0.2) is 46.1 Å². The van der Waals surface area contributed by atoms with Crippen LogP contribution < -0.4 is 0 Å². The Bertz CT molecular complexity index is 731. The number of aromatic nitrogens is 2. The second kappa shape index (κ2) is 8.93. The number of nitriles is 1. The van der Waals surface area contributed by atoms with Gasteiger partial charge in [0.15, 0.2) is 5.82 Å². The Kier molecular flexibility index (Phi) is 6.37. The van der Waals surface area contributed by atoms with Gasteiger partial charge >= 0.3 is 0 Å². The van der Waals surface area contributed by atoms with Crippen molar-refractivity contribution in [1.82, 2.24) is 19.9 Å². The summed E-state index contributed by atoms with van der Waals surface area (Å²) < 4.78 is 5.41. The van der Waals surface area contributed by atoms with E-state index in [1.165, 1.54) is 5.56 Å². The van der Waals surface area contributed by atoms with Crippen molar-refractivity contribution < 1.29 is 4.52 Å². The SMILES string of the molecule is CC(C)Cc1noc(CN2CCCN(Cc3ccc(C#N)cc3)CC2)n1. The molecular formula is C20H27N5O. The van der Waals surface area contributed by atoms with Crippen molar-refractivity contribution >= 4 is 0 Å². The van der Waals surface area contributed by atoms with Crippen molar-refractivity contribution in [3.8, 4) is 6.07 Å².